The summed E-state index contributed by atoms with van der Waals surface area (Å²) in [6.07, 6.45) is 2.17. The van der Waals surface area contributed by atoms with Crippen LogP contribution in [0.3, 0.4) is 0 Å². The SMILES string of the molecule is CC(OC(=O)c1ccc(OCC(=O)N2C(C)CCCC2C)cc1)C(=O)Nc1ccc(N(C)C)cc1. The van der Waals surface area contributed by atoms with Crippen LogP contribution in [-0.4, -0.2) is 61.6 Å². The summed E-state index contributed by atoms with van der Waals surface area (Å²) in [5.41, 5.74) is 1.92. The summed E-state index contributed by atoms with van der Waals surface area (Å²) in [5, 5.41) is 2.74. The minimum absolute atomic E-state index is 0.0376. The molecule has 3 unspecified atom stereocenters. The summed E-state index contributed by atoms with van der Waals surface area (Å²) in [7, 11) is 3.87. The van der Waals surface area contributed by atoms with Crippen LogP contribution < -0.4 is 15.0 Å². The lowest BCUT2D eigenvalue weighted by atomic mass is 9.97. The Hall–Kier alpha value is -3.55. The number of carbonyl (C=O) groups excluding carboxylic acids is 3. The van der Waals surface area contributed by atoms with E-state index in [2.05, 4.69) is 19.2 Å². The minimum Gasteiger partial charge on any atom is -0.484 e. The molecule has 1 aliphatic rings. The number of esters is 1. The van der Waals surface area contributed by atoms with Gasteiger partial charge in [0.05, 0.1) is 5.56 Å². The van der Waals surface area contributed by atoms with Gasteiger partial charge in [0, 0.05) is 37.6 Å². The first-order valence-electron chi connectivity index (χ1n) is 12.0. The molecular weight excluding hydrogens is 446 g/mol. The second-order valence-electron chi connectivity index (χ2n) is 9.22. The van der Waals surface area contributed by atoms with Crippen LogP contribution >= 0.6 is 0 Å². The van der Waals surface area contributed by atoms with Gasteiger partial charge in [0.25, 0.3) is 11.8 Å². The van der Waals surface area contributed by atoms with Gasteiger partial charge < -0.3 is 24.6 Å². The zero-order valence-corrected chi connectivity index (χ0v) is 21.1. The third kappa shape index (κ3) is 6.97. The van der Waals surface area contributed by atoms with Gasteiger partial charge in [0.15, 0.2) is 12.7 Å². The highest BCUT2D eigenvalue weighted by atomic mass is 16.5. The van der Waals surface area contributed by atoms with E-state index in [1.54, 1.807) is 36.4 Å². The smallest absolute Gasteiger partial charge is 0.338 e. The number of carbonyl (C=O) groups is 3. The molecule has 1 aliphatic heterocycles. The first-order chi connectivity index (χ1) is 16.7. The topological polar surface area (TPSA) is 88.2 Å². The summed E-state index contributed by atoms with van der Waals surface area (Å²) >= 11 is 0. The van der Waals surface area contributed by atoms with Crippen molar-refractivity contribution in [1.82, 2.24) is 4.90 Å². The van der Waals surface area contributed by atoms with Crippen molar-refractivity contribution in [1.29, 1.82) is 0 Å². The van der Waals surface area contributed by atoms with Gasteiger partial charge in [0.1, 0.15) is 5.75 Å². The van der Waals surface area contributed by atoms with E-state index in [9.17, 15) is 14.4 Å². The van der Waals surface area contributed by atoms with Crippen molar-refractivity contribution in [2.45, 2.75) is 58.2 Å². The van der Waals surface area contributed by atoms with Crippen molar-refractivity contribution in [2.24, 2.45) is 0 Å². The Morgan fingerprint density at radius 3 is 2.17 bits per heavy atom. The molecule has 1 saturated heterocycles. The number of anilines is 2. The number of nitrogens with one attached hydrogen (secondary N) is 1. The number of benzene rings is 2. The third-order valence-electron chi connectivity index (χ3n) is 6.24. The molecule has 0 aliphatic carbocycles. The van der Waals surface area contributed by atoms with Crippen molar-refractivity contribution in [3.05, 3.63) is 54.1 Å². The van der Waals surface area contributed by atoms with E-state index in [0.717, 1.165) is 24.9 Å². The predicted molar refractivity (Wildman–Crippen MR) is 136 cm³/mol. The molecule has 2 aromatic carbocycles. The van der Waals surface area contributed by atoms with Gasteiger partial charge in [-0.05, 0) is 88.6 Å². The second-order valence-corrected chi connectivity index (χ2v) is 9.22. The van der Waals surface area contributed by atoms with Crippen LogP contribution in [0, 0.1) is 0 Å². The number of rotatable bonds is 8. The third-order valence-corrected chi connectivity index (χ3v) is 6.24. The maximum absolute atomic E-state index is 12.6. The molecule has 1 N–H and O–H groups in total. The molecule has 0 bridgehead atoms. The highest BCUT2D eigenvalue weighted by Gasteiger charge is 2.29. The first kappa shape index (κ1) is 26.1. The molecule has 0 aromatic heterocycles. The summed E-state index contributed by atoms with van der Waals surface area (Å²) in [6.45, 7) is 5.60. The highest BCUT2D eigenvalue weighted by molar-refractivity contribution is 5.97. The predicted octanol–water partition coefficient (Wildman–Crippen LogP) is 4.10. The Kier molecular flexibility index (Phi) is 8.73. The Labute approximate surface area is 207 Å². The standard InChI is InChI=1S/C27H35N3O5/c1-18-7-6-8-19(2)30(18)25(31)17-34-24-15-9-21(10-16-24)27(33)35-20(3)26(32)28-22-11-13-23(14-12-22)29(4)5/h9-16,18-20H,6-8,17H2,1-5H3,(H,28,32). The van der Waals surface area contributed by atoms with E-state index < -0.39 is 18.0 Å². The lowest BCUT2D eigenvalue weighted by Gasteiger charge is -2.38. The maximum atomic E-state index is 12.6. The van der Waals surface area contributed by atoms with Gasteiger partial charge in [-0.3, -0.25) is 9.59 Å². The fraction of sp³-hybridized carbons (Fsp3) is 0.444. The zero-order valence-electron chi connectivity index (χ0n) is 21.1. The van der Waals surface area contributed by atoms with Crippen molar-refractivity contribution in [2.75, 3.05) is 30.9 Å². The van der Waals surface area contributed by atoms with Gasteiger partial charge in [-0.25, -0.2) is 4.79 Å². The maximum Gasteiger partial charge on any atom is 0.338 e. The lowest BCUT2D eigenvalue weighted by Crippen LogP contribution is -2.49. The number of piperidine rings is 1. The average molecular weight is 482 g/mol. The molecule has 1 heterocycles. The van der Waals surface area contributed by atoms with Gasteiger partial charge >= 0.3 is 5.97 Å². The van der Waals surface area contributed by atoms with Crippen LogP contribution in [0.15, 0.2) is 48.5 Å². The number of amides is 2. The molecule has 35 heavy (non-hydrogen) atoms. The van der Waals surface area contributed by atoms with E-state index in [4.69, 9.17) is 9.47 Å². The Morgan fingerprint density at radius 1 is 1.00 bits per heavy atom. The van der Waals surface area contributed by atoms with E-state index in [1.807, 2.05) is 36.0 Å². The molecular formula is C27H35N3O5. The number of ether oxygens (including phenoxy) is 2. The van der Waals surface area contributed by atoms with E-state index in [-0.39, 0.29) is 30.2 Å². The summed E-state index contributed by atoms with van der Waals surface area (Å²) in [6, 6.07) is 14.1. The van der Waals surface area contributed by atoms with E-state index in [1.165, 1.54) is 6.92 Å². The normalized spacial score (nSPS) is 18.4. The summed E-state index contributed by atoms with van der Waals surface area (Å²) < 4.78 is 11.0. The molecule has 2 amide bonds. The second kappa shape index (κ2) is 11.7. The average Bonchev–Trinajstić information content (AvgIpc) is 2.83. The molecule has 0 saturated carbocycles. The molecule has 8 nitrogen and oxygen atoms in total. The summed E-state index contributed by atoms with van der Waals surface area (Å²) in [5.74, 6) is -0.589. The fourth-order valence-corrected chi connectivity index (χ4v) is 4.19. The molecule has 0 spiro atoms. The van der Waals surface area contributed by atoms with E-state index >= 15 is 0 Å². The Bertz CT molecular complexity index is 1010. The number of likely N-dealkylation sites (tertiary alicyclic amines) is 1. The molecule has 2 aromatic rings. The quantitative estimate of drug-likeness (QED) is 0.571. The highest BCUT2D eigenvalue weighted by Crippen LogP contribution is 2.23. The van der Waals surface area contributed by atoms with Gasteiger partial charge in [-0.2, -0.15) is 0 Å². The Balaban J connectivity index is 1.49. The first-order valence-corrected chi connectivity index (χ1v) is 12.0. The van der Waals surface area contributed by atoms with Gasteiger partial charge in [-0.15, -0.1) is 0 Å². The van der Waals surface area contributed by atoms with Crippen LogP contribution in [0.5, 0.6) is 5.75 Å². The van der Waals surface area contributed by atoms with Crippen molar-refractivity contribution in [3.63, 3.8) is 0 Å². The monoisotopic (exact) mass is 481 g/mol. The largest absolute Gasteiger partial charge is 0.484 e. The molecule has 3 rings (SSSR count). The van der Waals surface area contributed by atoms with Crippen LogP contribution in [0.2, 0.25) is 0 Å². The lowest BCUT2D eigenvalue weighted by molar-refractivity contribution is -0.139. The minimum atomic E-state index is -0.974. The zero-order chi connectivity index (χ0) is 25.5. The van der Waals surface area contributed by atoms with Gasteiger partial charge in [-0.1, -0.05) is 0 Å². The van der Waals surface area contributed by atoms with Crippen LogP contribution in [0.25, 0.3) is 0 Å². The van der Waals surface area contributed by atoms with Crippen molar-refractivity contribution >= 4 is 29.2 Å². The van der Waals surface area contributed by atoms with Crippen LogP contribution in [-0.2, 0) is 14.3 Å². The number of hydrogen-bond donors (Lipinski definition) is 1. The van der Waals surface area contributed by atoms with Crippen molar-refractivity contribution in [3.8, 4) is 5.75 Å². The molecule has 188 valence electrons. The van der Waals surface area contributed by atoms with Crippen LogP contribution in [0.4, 0.5) is 11.4 Å². The molecule has 3 atom stereocenters. The van der Waals surface area contributed by atoms with Crippen molar-refractivity contribution < 1.29 is 23.9 Å². The fourth-order valence-electron chi connectivity index (χ4n) is 4.19. The summed E-state index contributed by atoms with van der Waals surface area (Å²) in [4.78, 5) is 41.4. The molecule has 0 radical (unpaired) electrons. The Morgan fingerprint density at radius 2 is 1.60 bits per heavy atom. The van der Waals surface area contributed by atoms with Crippen LogP contribution in [0.1, 0.15) is 50.4 Å². The molecule has 8 heteroatoms. The van der Waals surface area contributed by atoms with Gasteiger partial charge in [0.2, 0.25) is 0 Å². The molecule has 1 fully saturated rings. The number of hydrogen-bond acceptors (Lipinski definition) is 6. The van der Waals surface area contributed by atoms with E-state index in [0.29, 0.717) is 11.4 Å². The number of nitrogens with zero attached hydrogens (tertiary/aromatic N) is 2.